The highest BCUT2D eigenvalue weighted by Gasteiger charge is 2.46. The van der Waals surface area contributed by atoms with E-state index in [1.807, 2.05) is 6.92 Å². The molecule has 0 spiro atoms. The van der Waals surface area contributed by atoms with Crippen molar-refractivity contribution in [2.24, 2.45) is 11.3 Å². The normalized spacial score (nSPS) is 22.1. The maximum atomic E-state index is 11.5. The highest BCUT2D eigenvalue weighted by Crippen LogP contribution is 2.44. The molecule has 2 atom stereocenters. The van der Waals surface area contributed by atoms with Gasteiger partial charge in [-0.2, -0.15) is 0 Å². The van der Waals surface area contributed by atoms with Gasteiger partial charge in [0, 0.05) is 19.0 Å². The van der Waals surface area contributed by atoms with Crippen molar-refractivity contribution in [1.29, 1.82) is 0 Å². The molecule has 104 valence electrons. The molecule has 0 heterocycles. The van der Waals surface area contributed by atoms with Crippen LogP contribution in [0.3, 0.4) is 0 Å². The lowest BCUT2D eigenvalue weighted by atomic mass is 10.0. The summed E-state index contributed by atoms with van der Waals surface area (Å²) in [5, 5.41) is 14.3. The largest absolute Gasteiger partial charge is 0.481 e. The molecular weight excluding hydrogens is 232 g/mol. The zero-order chi connectivity index (χ0) is 13.8. The van der Waals surface area contributed by atoms with Crippen molar-refractivity contribution in [1.82, 2.24) is 10.6 Å². The van der Waals surface area contributed by atoms with Crippen LogP contribution in [-0.2, 0) is 4.79 Å². The molecule has 3 N–H and O–H groups in total. The Morgan fingerprint density at radius 1 is 1.39 bits per heavy atom. The Labute approximate surface area is 108 Å². The molecule has 0 saturated heterocycles. The average molecular weight is 256 g/mol. The molecule has 1 saturated carbocycles. The molecule has 5 nitrogen and oxygen atoms in total. The molecule has 5 heteroatoms. The minimum atomic E-state index is -0.761. The van der Waals surface area contributed by atoms with Gasteiger partial charge in [0.05, 0.1) is 0 Å². The highest BCUT2D eigenvalue weighted by atomic mass is 16.4. The third-order valence-corrected chi connectivity index (χ3v) is 3.59. The highest BCUT2D eigenvalue weighted by molar-refractivity contribution is 5.74. The van der Waals surface area contributed by atoms with E-state index in [0.29, 0.717) is 24.9 Å². The number of carbonyl (C=O) groups excluding carboxylic acids is 1. The average Bonchev–Trinajstić information content (AvgIpc) is 2.82. The van der Waals surface area contributed by atoms with Gasteiger partial charge < -0.3 is 15.7 Å². The molecule has 1 rings (SSSR count). The van der Waals surface area contributed by atoms with Gasteiger partial charge in [-0.3, -0.25) is 4.79 Å². The third-order valence-electron chi connectivity index (χ3n) is 3.59. The zero-order valence-corrected chi connectivity index (χ0v) is 11.5. The van der Waals surface area contributed by atoms with E-state index in [4.69, 9.17) is 5.11 Å². The summed E-state index contributed by atoms with van der Waals surface area (Å²) < 4.78 is 0. The molecule has 0 aromatic carbocycles. The lowest BCUT2D eigenvalue weighted by molar-refractivity contribution is -0.137. The first kappa shape index (κ1) is 14.8. The lowest BCUT2D eigenvalue weighted by Crippen LogP contribution is -2.39. The SMILES string of the molecule is CC(CCNC(=O)NC1CC1(C)C)CCC(=O)O. The van der Waals surface area contributed by atoms with Crippen molar-refractivity contribution >= 4 is 12.0 Å². The minimum Gasteiger partial charge on any atom is -0.481 e. The smallest absolute Gasteiger partial charge is 0.315 e. The van der Waals surface area contributed by atoms with Crippen molar-refractivity contribution < 1.29 is 14.7 Å². The summed E-state index contributed by atoms with van der Waals surface area (Å²) in [6.07, 6.45) is 2.71. The van der Waals surface area contributed by atoms with Gasteiger partial charge in [-0.25, -0.2) is 4.79 Å². The van der Waals surface area contributed by atoms with Crippen molar-refractivity contribution in [2.45, 2.75) is 52.5 Å². The number of amides is 2. The Kier molecular flexibility index (Phi) is 4.99. The van der Waals surface area contributed by atoms with Crippen LogP contribution in [0.4, 0.5) is 4.79 Å². The Balaban J connectivity index is 2.03. The Hall–Kier alpha value is -1.26. The van der Waals surface area contributed by atoms with Crippen LogP contribution in [0.1, 0.15) is 46.5 Å². The van der Waals surface area contributed by atoms with Gasteiger partial charge in [0.25, 0.3) is 0 Å². The number of hydrogen-bond acceptors (Lipinski definition) is 2. The summed E-state index contributed by atoms with van der Waals surface area (Å²) in [6.45, 7) is 6.87. The first-order chi connectivity index (χ1) is 8.31. The van der Waals surface area contributed by atoms with E-state index in [2.05, 4.69) is 24.5 Å². The molecule has 0 aliphatic heterocycles. The van der Waals surface area contributed by atoms with Crippen LogP contribution in [-0.4, -0.2) is 29.7 Å². The van der Waals surface area contributed by atoms with Gasteiger partial charge in [-0.1, -0.05) is 20.8 Å². The van der Waals surface area contributed by atoms with E-state index in [1.54, 1.807) is 0 Å². The van der Waals surface area contributed by atoms with Crippen LogP contribution in [0, 0.1) is 11.3 Å². The molecule has 1 fully saturated rings. The number of carbonyl (C=O) groups is 2. The van der Waals surface area contributed by atoms with Gasteiger partial charge in [-0.15, -0.1) is 0 Å². The second kappa shape index (κ2) is 6.07. The fourth-order valence-electron chi connectivity index (χ4n) is 1.87. The van der Waals surface area contributed by atoms with Crippen LogP contribution < -0.4 is 10.6 Å². The summed E-state index contributed by atoms with van der Waals surface area (Å²) in [6, 6.07) is 0.179. The van der Waals surface area contributed by atoms with Crippen LogP contribution in [0.2, 0.25) is 0 Å². The number of urea groups is 1. The van der Waals surface area contributed by atoms with Crippen molar-refractivity contribution in [3.05, 3.63) is 0 Å². The summed E-state index contributed by atoms with van der Waals surface area (Å²) in [5.74, 6) is -0.442. The van der Waals surface area contributed by atoms with E-state index < -0.39 is 5.97 Å². The van der Waals surface area contributed by atoms with Gasteiger partial charge in [0.15, 0.2) is 0 Å². The van der Waals surface area contributed by atoms with E-state index in [0.717, 1.165) is 12.8 Å². The second-order valence-electron chi connectivity index (χ2n) is 5.97. The number of aliphatic carboxylic acids is 1. The summed E-state index contributed by atoms with van der Waals surface area (Å²) in [4.78, 5) is 21.9. The first-order valence-electron chi connectivity index (χ1n) is 6.57. The molecule has 0 aromatic heterocycles. The lowest BCUT2D eigenvalue weighted by Gasteiger charge is -2.12. The number of rotatable bonds is 7. The predicted molar refractivity (Wildman–Crippen MR) is 69.4 cm³/mol. The molecule has 0 bridgehead atoms. The molecule has 1 aliphatic carbocycles. The molecule has 0 radical (unpaired) electrons. The second-order valence-corrected chi connectivity index (χ2v) is 5.97. The first-order valence-corrected chi connectivity index (χ1v) is 6.57. The number of carboxylic acid groups (broad SMARTS) is 1. The van der Waals surface area contributed by atoms with Crippen LogP contribution in [0.5, 0.6) is 0 Å². The van der Waals surface area contributed by atoms with Gasteiger partial charge in [-0.05, 0) is 30.6 Å². The summed E-state index contributed by atoms with van der Waals surface area (Å²) >= 11 is 0. The Bertz CT molecular complexity index is 315. The van der Waals surface area contributed by atoms with Crippen LogP contribution >= 0.6 is 0 Å². The van der Waals surface area contributed by atoms with Gasteiger partial charge in [0.2, 0.25) is 0 Å². The number of carboxylic acids is 1. The molecule has 2 unspecified atom stereocenters. The standard InChI is InChI=1S/C13H24N2O3/c1-9(4-5-11(16)17)6-7-14-12(18)15-10-8-13(10,2)3/h9-10H,4-8H2,1-3H3,(H,16,17)(H2,14,15,18). The molecule has 18 heavy (non-hydrogen) atoms. The zero-order valence-electron chi connectivity index (χ0n) is 11.5. The van der Waals surface area contributed by atoms with Crippen molar-refractivity contribution in [3.63, 3.8) is 0 Å². The fourth-order valence-corrected chi connectivity index (χ4v) is 1.87. The van der Waals surface area contributed by atoms with Gasteiger partial charge in [0.1, 0.15) is 0 Å². The quantitative estimate of drug-likeness (QED) is 0.651. The molecule has 0 aromatic rings. The number of nitrogens with one attached hydrogen (secondary N) is 2. The van der Waals surface area contributed by atoms with E-state index in [-0.39, 0.29) is 17.9 Å². The summed E-state index contributed by atoms with van der Waals surface area (Å²) in [7, 11) is 0. The summed E-state index contributed by atoms with van der Waals surface area (Å²) in [5.41, 5.74) is 0.242. The fraction of sp³-hybridized carbons (Fsp3) is 0.846. The maximum absolute atomic E-state index is 11.5. The number of hydrogen-bond donors (Lipinski definition) is 3. The van der Waals surface area contributed by atoms with Crippen LogP contribution in [0.25, 0.3) is 0 Å². The van der Waals surface area contributed by atoms with Crippen molar-refractivity contribution in [2.75, 3.05) is 6.54 Å². The van der Waals surface area contributed by atoms with E-state index >= 15 is 0 Å². The monoisotopic (exact) mass is 256 g/mol. The van der Waals surface area contributed by atoms with E-state index in [1.165, 1.54) is 0 Å². The topological polar surface area (TPSA) is 78.4 Å². The van der Waals surface area contributed by atoms with Gasteiger partial charge >= 0.3 is 12.0 Å². The Morgan fingerprint density at radius 2 is 2.00 bits per heavy atom. The Morgan fingerprint density at radius 3 is 2.50 bits per heavy atom. The third kappa shape index (κ3) is 5.38. The molecular formula is C13H24N2O3. The predicted octanol–water partition coefficient (Wildman–Crippen LogP) is 1.98. The van der Waals surface area contributed by atoms with Crippen molar-refractivity contribution in [3.8, 4) is 0 Å². The molecule has 2 amide bonds. The van der Waals surface area contributed by atoms with Crippen LogP contribution in [0.15, 0.2) is 0 Å². The minimum absolute atomic E-state index is 0.115. The van der Waals surface area contributed by atoms with E-state index in [9.17, 15) is 9.59 Å². The maximum Gasteiger partial charge on any atom is 0.315 e. The molecule has 1 aliphatic rings.